The minimum atomic E-state index is -3.55. The van der Waals surface area contributed by atoms with Crippen molar-refractivity contribution in [3.63, 3.8) is 0 Å². The average molecular weight is 451 g/mol. The smallest absolute Gasteiger partial charge is 0.341 e. The fraction of sp³-hybridized carbons (Fsp3) is 0.421. The number of hydrogen-bond donors (Lipinski definition) is 0. The standard InChI is InChI=1S/C19H22N4O5S2/c1-22(2)30(25,26)12-7-8-16-13(10-12)20-19(28-16)29-11-14-17(18(24)27-3)15-6-4-5-9-23(15)21-14/h7-8,10H,4-6,9,11H2,1-3H3. The second-order valence-electron chi connectivity index (χ2n) is 7.13. The molecule has 0 atom stereocenters. The van der Waals surface area contributed by atoms with Crippen LogP contribution in [0, 0.1) is 0 Å². The number of rotatable bonds is 6. The topological polar surface area (TPSA) is 108 Å². The van der Waals surface area contributed by atoms with E-state index in [-0.39, 0.29) is 10.9 Å². The summed E-state index contributed by atoms with van der Waals surface area (Å²) in [6.07, 6.45) is 2.85. The van der Waals surface area contributed by atoms with E-state index in [4.69, 9.17) is 9.15 Å². The molecular weight excluding hydrogens is 428 g/mol. The zero-order valence-electron chi connectivity index (χ0n) is 16.9. The molecule has 0 spiro atoms. The van der Waals surface area contributed by atoms with Crippen LogP contribution in [0.25, 0.3) is 11.1 Å². The van der Waals surface area contributed by atoms with Gasteiger partial charge < -0.3 is 9.15 Å². The lowest BCUT2D eigenvalue weighted by Crippen LogP contribution is -2.22. The third-order valence-electron chi connectivity index (χ3n) is 5.00. The van der Waals surface area contributed by atoms with Crippen molar-refractivity contribution >= 4 is 38.9 Å². The van der Waals surface area contributed by atoms with Crippen LogP contribution in [0.5, 0.6) is 0 Å². The quantitative estimate of drug-likeness (QED) is 0.417. The second kappa shape index (κ2) is 8.05. The number of benzene rings is 1. The van der Waals surface area contributed by atoms with Crippen molar-refractivity contribution < 1.29 is 22.4 Å². The molecule has 160 valence electrons. The monoisotopic (exact) mass is 450 g/mol. The largest absolute Gasteiger partial charge is 0.465 e. The van der Waals surface area contributed by atoms with E-state index < -0.39 is 10.0 Å². The minimum Gasteiger partial charge on any atom is -0.465 e. The Bertz CT molecular complexity index is 1210. The van der Waals surface area contributed by atoms with Crippen LogP contribution < -0.4 is 0 Å². The molecule has 1 aliphatic rings. The number of hydrogen-bond acceptors (Lipinski definition) is 8. The number of ether oxygens (including phenoxy) is 1. The maximum absolute atomic E-state index is 12.3. The lowest BCUT2D eigenvalue weighted by Gasteiger charge is -2.13. The molecule has 11 heteroatoms. The maximum Gasteiger partial charge on any atom is 0.341 e. The molecule has 0 N–H and O–H groups in total. The molecule has 4 rings (SSSR count). The van der Waals surface area contributed by atoms with Gasteiger partial charge in [0.15, 0.2) is 5.58 Å². The van der Waals surface area contributed by atoms with E-state index in [9.17, 15) is 13.2 Å². The van der Waals surface area contributed by atoms with Crippen LogP contribution >= 0.6 is 11.8 Å². The number of nitrogens with zero attached hydrogens (tertiary/aromatic N) is 4. The number of thioether (sulfide) groups is 1. The number of methoxy groups -OCH3 is 1. The Kier molecular flexibility index (Phi) is 5.60. The lowest BCUT2D eigenvalue weighted by molar-refractivity contribution is 0.0598. The van der Waals surface area contributed by atoms with Crippen LogP contribution in [0.2, 0.25) is 0 Å². The molecule has 0 bridgehead atoms. The van der Waals surface area contributed by atoms with E-state index in [2.05, 4.69) is 10.1 Å². The SMILES string of the molecule is COC(=O)c1c(CSc2nc3cc(S(=O)(=O)N(C)C)ccc3o2)nn2c1CCCC2. The molecule has 0 aliphatic carbocycles. The molecule has 0 saturated heterocycles. The van der Waals surface area contributed by atoms with Crippen molar-refractivity contribution in [1.29, 1.82) is 0 Å². The molecule has 0 saturated carbocycles. The van der Waals surface area contributed by atoms with Crippen molar-refractivity contribution in [3.05, 3.63) is 35.2 Å². The Hall–Kier alpha value is -2.37. The van der Waals surface area contributed by atoms with E-state index in [0.29, 0.717) is 33.3 Å². The van der Waals surface area contributed by atoms with Gasteiger partial charge in [0.25, 0.3) is 5.22 Å². The van der Waals surface area contributed by atoms with E-state index in [1.54, 1.807) is 6.07 Å². The van der Waals surface area contributed by atoms with Crippen molar-refractivity contribution in [2.24, 2.45) is 0 Å². The number of aryl methyl sites for hydroxylation is 1. The highest BCUT2D eigenvalue weighted by Crippen LogP contribution is 2.31. The number of fused-ring (bicyclic) bond motifs is 2. The highest BCUT2D eigenvalue weighted by Gasteiger charge is 2.26. The first-order chi connectivity index (χ1) is 14.3. The summed E-state index contributed by atoms with van der Waals surface area (Å²) in [7, 11) is 0.772. The summed E-state index contributed by atoms with van der Waals surface area (Å²) >= 11 is 1.30. The van der Waals surface area contributed by atoms with Crippen molar-refractivity contribution in [1.82, 2.24) is 19.1 Å². The van der Waals surface area contributed by atoms with Gasteiger partial charge in [-0.1, -0.05) is 11.8 Å². The molecule has 0 unspecified atom stereocenters. The molecular formula is C19H22N4O5S2. The zero-order valence-corrected chi connectivity index (χ0v) is 18.5. The number of esters is 1. The van der Waals surface area contributed by atoms with E-state index in [1.807, 2.05) is 4.68 Å². The Balaban J connectivity index is 1.60. The van der Waals surface area contributed by atoms with E-state index >= 15 is 0 Å². The molecule has 1 aliphatic heterocycles. The second-order valence-corrected chi connectivity index (χ2v) is 10.2. The molecule has 30 heavy (non-hydrogen) atoms. The van der Waals surface area contributed by atoms with Gasteiger partial charge in [-0.3, -0.25) is 4.68 Å². The summed E-state index contributed by atoms with van der Waals surface area (Å²) in [4.78, 5) is 16.9. The van der Waals surface area contributed by atoms with Gasteiger partial charge in [0.1, 0.15) is 11.1 Å². The lowest BCUT2D eigenvalue weighted by atomic mass is 10.1. The van der Waals surface area contributed by atoms with Crippen LogP contribution in [0.15, 0.2) is 32.7 Å². The Morgan fingerprint density at radius 1 is 1.33 bits per heavy atom. The van der Waals surface area contributed by atoms with E-state index in [1.165, 1.54) is 45.1 Å². The van der Waals surface area contributed by atoms with Gasteiger partial charge in [-0.05, 0) is 37.5 Å². The predicted octanol–water partition coefficient (Wildman–Crippen LogP) is 2.69. The molecule has 3 heterocycles. The molecule has 9 nitrogen and oxygen atoms in total. The van der Waals surface area contributed by atoms with Gasteiger partial charge in [0, 0.05) is 26.4 Å². The number of carbonyl (C=O) groups excluding carboxylic acids is 1. The van der Waals surface area contributed by atoms with Crippen LogP contribution in [0.1, 0.15) is 34.6 Å². The Morgan fingerprint density at radius 3 is 2.87 bits per heavy atom. The third-order valence-corrected chi connectivity index (χ3v) is 7.65. The van der Waals surface area contributed by atoms with Gasteiger partial charge in [0.05, 0.1) is 23.4 Å². The van der Waals surface area contributed by atoms with Gasteiger partial charge >= 0.3 is 5.97 Å². The average Bonchev–Trinajstić information content (AvgIpc) is 3.31. The van der Waals surface area contributed by atoms with Crippen LogP contribution in [-0.2, 0) is 33.5 Å². The van der Waals surface area contributed by atoms with Crippen molar-refractivity contribution in [3.8, 4) is 0 Å². The van der Waals surface area contributed by atoms with Crippen LogP contribution in [0.3, 0.4) is 0 Å². The molecule has 0 fully saturated rings. The van der Waals surface area contributed by atoms with Gasteiger partial charge in [-0.25, -0.2) is 22.5 Å². The minimum absolute atomic E-state index is 0.152. The third kappa shape index (κ3) is 3.72. The first-order valence-corrected chi connectivity index (χ1v) is 11.9. The highest BCUT2D eigenvalue weighted by molar-refractivity contribution is 7.98. The fourth-order valence-electron chi connectivity index (χ4n) is 3.43. The van der Waals surface area contributed by atoms with Crippen molar-refractivity contribution in [2.75, 3.05) is 21.2 Å². The maximum atomic E-state index is 12.3. The van der Waals surface area contributed by atoms with Gasteiger partial charge in [0.2, 0.25) is 10.0 Å². The van der Waals surface area contributed by atoms with Gasteiger partial charge in [-0.2, -0.15) is 5.10 Å². The van der Waals surface area contributed by atoms with Crippen LogP contribution in [-0.4, -0.2) is 54.7 Å². The fourth-order valence-corrected chi connectivity index (χ4v) is 5.13. The molecule has 2 aromatic heterocycles. The molecule has 3 aromatic rings. The number of aromatic nitrogens is 3. The summed E-state index contributed by atoms with van der Waals surface area (Å²) in [5.41, 5.74) is 3.03. The number of sulfonamides is 1. The number of carbonyl (C=O) groups is 1. The summed E-state index contributed by atoms with van der Waals surface area (Å²) in [5.74, 6) is 0.00460. The predicted molar refractivity (Wildman–Crippen MR) is 111 cm³/mol. The summed E-state index contributed by atoms with van der Waals surface area (Å²) in [6, 6.07) is 4.58. The molecule has 0 radical (unpaired) electrons. The molecule has 0 amide bonds. The zero-order chi connectivity index (χ0) is 21.5. The normalized spacial score (nSPS) is 14.3. The Morgan fingerprint density at radius 2 is 2.13 bits per heavy atom. The first kappa shape index (κ1) is 20.9. The summed E-state index contributed by atoms with van der Waals surface area (Å²) in [6.45, 7) is 0.788. The Labute approximate surface area is 178 Å². The van der Waals surface area contributed by atoms with E-state index in [0.717, 1.165) is 35.8 Å². The first-order valence-electron chi connectivity index (χ1n) is 9.44. The number of oxazole rings is 1. The van der Waals surface area contributed by atoms with Crippen molar-refractivity contribution in [2.45, 2.75) is 41.7 Å². The summed E-state index contributed by atoms with van der Waals surface area (Å²) in [5, 5.41) is 4.98. The van der Waals surface area contributed by atoms with Gasteiger partial charge in [-0.15, -0.1) is 0 Å². The highest BCUT2D eigenvalue weighted by atomic mass is 32.2. The van der Waals surface area contributed by atoms with Crippen LogP contribution in [0.4, 0.5) is 0 Å². The molecule has 1 aromatic carbocycles. The summed E-state index contributed by atoms with van der Waals surface area (Å²) < 4.78 is 38.4.